The molecule has 0 bridgehead atoms. The van der Waals surface area contributed by atoms with E-state index in [4.69, 9.17) is 14.2 Å². The number of hydrazone groups is 1. The van der Waals surface area contributed by atoms with Crippen molar-refractivity contribution in [3.63, 3.8) is 0 Å². The molecule has 1 fully saturated rings. The number of hydrogen-bond acceptors (Lipinski definition) is 6. The zero-order chi connectivity index (χ0) is 22.4. The number of methoxy groups -OCH3 is 2. The summed E-state index contributed by atoms with van der Waals surface area (Å²) in [5.74, 6) is 1.39. The zero-order valence-corrected chi connectivity index (χ0v) is 18.2. The van der Waals surface area contributed by atoms with Crippen molar-refractivity contribution >= 4 is 18.2 Å². The third-order valence-electron chi connectivity index (χ3n) is 5.10. The molecule has 0 aromatic heterocycles. The first-order valence-electron chi connectivity index (χ1n) is 10.1. The molecule has 8 nitrogen and oxygen atoms in total. The van der Waals surface area contributed by atoms with Gasteiger partial charge in [0.05, 0.1) is 27.0 Å². The maximum Gasteiger partial charge on any atom is 0.346 e. The molecule has 8 heteroatoms. The van der Waals surface area contributed by atoms with Gasteiger partial charge in [0.25, 0.3) is 5.91 Å². The van der Waals surface area contributed by atoms with Crippen molar-refractivity contribution in [1.82, 2.24) is 10.3 Å². The minimum Gasteiger partial charge on any atom is -0.497 e. The third kappa shape index (κ3) is 4.63. The number of carbonyl (C=O) groups excluding carboxylic acids is 2. The van der Waals surface area contributed by atoms with Crippen LogP contribution in [0.15, 0.2) is 47.6 Å². The van der Waals surface area contributed by atoms with Gasteiger partial charge in [0.15, 0.2) is 11.5 Å². The van der Waals surface area contributed by atoms with E-state index in [1.807, 2.05) is 0 Å². The monoisotopic (exact) mass is 425 g/mol. The first-order chi connectivity index (χ1) is 14.9. The fourth-order valence-corrected chi connectivity index (χ4v) is 3.19. The van der Waals surface area contributed by atoms with Gasteiger partial charge in [-0.2, -0.15) is 5.10 Å². The molecule has 1 aliphatic heterocycles. The Hall–Kier alpha value is -3.55. The van der Waals surface area contributed by atoms with Crippen LogP contribution in [0.4, 0.5) is 4.79 Å². The molecule has 3 amide bonds. The van der Waals surface area contributed by atoms with Gasteiger partial charge in [-0.1, -0.05) is 25.5 Å². The Kier molecular flexibility index (Phi) is 6.79. The van der Waals surface area contributed by atoms with Gasteiger partial charge in [0.2, 0.25) is 0 Å². The maximum absolute atomic E-state index is 13.0. The molecule has 1 atom stereocenters. The molecular formula is C23H27N3O5. The quantitative estimate of drug-likeness (QED) is 0.376. The van der Waals surface area contributed by atoms with Crippen LogP contribution in [0.25, 0.3) is 0 Å². The molecule has 0 saturated carbocycles. The number of urea groups is 1. The van der Waals surface area contributed by atoms with Crippen LogP contribution in [-0.4, -0.2) is 44.0 Å². The molecular weight excluding hydrogens is 398 g/mol. The summed E-state index contributed by atoms with van der Waals surface area (Å²) in [5, 5.41) is 7.69. The van der Waals surface area contributed by atoms with Crippen LogP contribution in [0.1, 0.15) is 37.8 Å². The number of ether oxygens (including phenoxy) is 3. The summed E-state index contributed by atoms with van der Waals surface area (Å²) in [6, 6.07) is 11.7. The molecule has 1 saturated heterocycles. The Morgan fingerprint density at radius 3 is 2.45 bits per heavy atom. The Labute approximate surface area is 181 Å². The molecule has 1 N–H and O–H groups in total. The molecule has 1 heterocycles. The lowest BCUT2D eigenvalue weighted by molar-refractivity contribution is -0.131. The van der Waals surface area contributed by atoms with Gasteiger partial charge in [0, 0.05) is 0 Å². The molecule has 0 unspecified atom stereocenters. The summed E-state index contributed by atoms with van der Waals surface area (Å²) >= 11 is 0. The van der Waals surface area contributed by atoms with Gasteiger partial charge < -0.3 is 19.5 Å². The van der Waals surface area contributed by atoms with E-state index >= 15 is 0 Å². The van der Waals surface area contributed by atoms with Gasteiger partial charge in [0.1, 0.15) is 11.3 Å². The third-order valence-corrected chi connectivity index (χ3v) is 5.10. The number of nitrogens with zero attached hydrogens (tertiary/aromatic N) is 2. The van der Waals surface area contributed by atoms with E-state index in [1.165, 1.54) is 6.21 Å². The largest absolute Gasteiger partial charge is 0.497 e. The van der Waals surface area contributed by atoms with Crippen molar-refractivity contribution < 1.29 is 23.8 Å². The van der Waals surface area contributed by atoms with Gasteiger partial charge in [-0.15, -0.1) is 5.01 Å². The van der Waals surface area contributed by atoms with E-state index in [9.17, 15) is 9.59 Å². The topological polar surface area (TPSA) is 89.5 Å². The molecule has 2 aromatic carbocycles. The number of carbonyl (C=O) groups is 2. The van der Waals surface area contributed by atoms with Gasteiger partial charge in [-0.25, -0.2) is 4.79 Å². The fraction of sp³-hybridized carbons (Fsp3) is 0.348. The number of rotatable bonds is 9. The number of amides is 3. The molecule has 0 radical (unpaired) electrons. The van der Waals surface area contributed by atoms with Crippen molar-refractivity contribution in [3.05, 3.63) is 53.6 Å². The predicted molar refractivity (Wildman–Crippen MR) is 117 cm³/mol. The second-order valence-corrected chi connectivity index (χ2v) is 7.26. The summed E-state index contributed by atoms with van der Waals surface area (Å²) in [5.41, 5.74) is 0.0982. The van der Waals surface area contributed by atoms with Gasteiger partial charge >= 0.3 is 6.03 Å². The average Bonchev–Trinajstić information content (AvgIpc) is 3.01. The summed E-state index contributed by atoms with van der Waals surface area (Å²) in [4.78, 5) is 25.5. The molecule has 3 rings (SSSR count). The molecule has 164 valence electrons. The number of nitrogens with one attached hydrogen (secondary N) is 1. The van der Waals surface area contributed by atoms with Crippen molar-refractivity contribution in [2.75, 3.05) is 20.8 Å². The van der Waals surface area contributed by atoms with Crippen molar-refractivity contribution in [1.29, 1.82) is 0 Å². The van der Waals surface area contributed by atoms with Crippen LogP contribution in [-0.2, 0) is 10.3 Å². The summed E-state index contributed by atoms with van der Waals surface area (Å²) in [6.45, 7) is 4.31. The lowest BCUT2D eigenvalue weighted by atomic mass is 9.92. The predicted octanol–water partition coefficient (Wildman–Crippen LogP) is 3.68. The van der Waals surface area contributed by atoms with Crippen LogP contribution in [0.5, 0.6) is 17.2 Å². The highest BCUT2D eigenvalue weighted by atomic mass is 16.5. The highest BCUT2D eigenvalue weighted by Gasteiger charge is 2.49. The van der Waals surface area contributed by atoms with Gasteiger partial charge in [-0.05, 0) is 54.8 Å². The minimum absolute atomic E-state index is 0.466. The number of unbranched alkanes of at least 4 members (excludes halogenated alkanes) is 1. The highest BCUT2D eigenvalue weighted by molar-refractivity contribution is 6.07. The minimum atomic E-state index is -1.21. The number of benzene rings is 2. The summed E-state index contributed by atoms with van der Waals surface area (Å²) in [7, 11) is 3.14. The second kappa shape index (κ2) is 9.51. The SMILES string of the molecule is CCCCOc1cc(/C=N\N2C(=O)N[C@@](C)(c3ccc(OC)cc3)C2=O)ccc1OC. The number of hydrogen-bond donors (Lipinski definition) is 1. The molecule has 31 heavy (non-hydrogen) atoms. The van der Waals surface area contributed by atoms with Crippen LogP contribution >= 0.6 is 0 Å². The Morgan fingerprint density at radius 1 is 1.06 bits per heavy atom. The van der Waals surface area contributed by atoms with Gasteiger partial charge in [-0.3, -0.25) is 4.79 Å². The van der Waals surface area contributed by atoms with E-state index in [0.29, 0.717) is 35.0 Å². The van der Waals surface area contributed by atoms with Crippen molar-refractivity contribution in [3.8, 4) is 17.2 Å². The lowest BCUT2D eigenvalue weighted by Crippen LogP contribution is -2.40. The molecule has 1 aliphatic rings. The number of imide groups is 1. The van der Waals surface area contributed by atoms with Crippen LogP contribution in [0, 0.1) is 0 Å². The normalized spacial score (nSPS) is 18.4. The van der Waals surface area contributed by atoms with Crippen LogP contribution < -0.4 is 19.5 Å². The molecule has 0 spiro atoms. The van der Waals surface area contributed by atoms with Crippen molar-refractivity contribution in [2.24, 2.45) is 5.10 Å². The average molecular weight is 425 g/mol. The first-order valence-corrected chi connectivity index (χ1v) is 10.1. The fourth-order valence-electron chi connectivity index (χ4n) is 3.19. The Bertz CT molecular complexity index is 974. The highest BCUT2D eigenvalue weighted by Crippen LogP contribution is 2.31. The zero-order valence-electron chi connectivity index (χ0n) is 18.2. The van der Waals surface area contributed by atoms with E-state index in [-0.39, 0.29) is 0 Å². The van der Waals surface area contributed by atoms with E-state index in [2.05, 4.69) is 17.3 Å². The van der Waals surface area contributed by atoms with E-state index < -0.39 is 17.5 Å². The molecule has 2 aromatic rings. The van der Waals surface area contributed by atoms with E-state index in [1.54, 1.807) is 63.6 Å². The second-order valence-electron chi connectivity index (χ2n) is 7.26. The standard InChI is InChI=1S/C23H27N3O5/c1-5-6-13-31-20-14-16(7-12-19(20)30-4)15-24-26-21(27)23(2,25-22(26)28)17-8-10-18(29-3)11-9-17/h7-12,14-15H,5-6,13H2,1-4H3,(H,25,28)/b24-15-/t23-/m0/s1. The van der Waals surface area contributed by atoms with Crippen molar-refractivity contribution in [2.45, 2.75) is 32.2 Å². The summed E-state index contributed by atoms with van der Waals surface area (Å²) < 4.78 is 16.3. The van der Waals surface area contributed by atoms with E-state index in [0.717, 1.165) is 17.9 Å². The smallest absolute Gasteiger partial charge is 0.346 e. The van der Waals surface area contributed by atoms with Crippen LogP contribution in [0.3, 0.4) is 0 Å². The summed E-state index contributed by atoms with van der Waals surface area (Å²) in [6.07, 6.45) is 3.39. The molecule has 0 aliphatic carbocycles. The van der Waals surface area contributed by atoms with Crippen LogP contribution in [0.2, 0.25) is 0 Å². The Balaban J connectivity index is 1.79. The first kappa shape index (κ1) is 22.1. The lowest BCUT2D eigenvalue weighted by Gasteiger charge is -2.21. The maximum atomic E-state index is 13.0. The Morgan fingerprint density at radius 2 is 1.81 bits per heavy atom.